The first-order valence-electron chi connectivity index (χ1n) is 13.2. The summed E-state index contributed by atoms with van der Waals surface area (Å²) in [5.74, 6) is 3.51. The molecular formula is C30H34N4O2. The van der Waals surface area contributed by atoms with Crippen molar-refractivity contribution in [2.24, 2.45) is 5.92 Å². The van der Waals surface area contributed by atoms with Gasteiger partial charge in [-0.05, 0) is 68.6 Å². The van der Waals surface area contributed by atoms with E-state index in [1.165, 1.54) is 54.7 Å². The van der Waals surface area contributed by atoms with Gasteiger partial charge in [-0.1, -0.05) is 30.3 Å². The normalized spacial score (nSPS) is 16.2. The lowest BCUT2D eigenvalue weighted by molar-refractivity contribution is 0.394. The molecule has 186 valence electrons. The van der Waals surface area contributed by atoms with Crippen molar-refractivity contribution in [2.75, 3.05) is 32.2 Å². The number of methoxy groups -OCH3 is 2. The Hall–Kier alpha value is -3.54. The number of ether oxygens (including phenoxy) is 2. The smallest absolute Gasteiger partial charge is 0.158 e. The summed E-state index contributed by atoms with van der Waals surface area (Å²) in [5.41, 5.74) is 6.89. The predicted molar refractivity (Wildman–Crippen MR) is 143 cm³/mol. The van der Waals surface area contributed by atoms with Crippen LogP contribution in [0.4, 0.5) is 5.82 Å². The second kappa shape index (κ2) is 9.84. The van der Waals surface area contributed by atoms with Gasteiger partial charge in [0.15, 0.2) is 5.65 Å². The number of hydrogen-bond donors (Lipinski definition) is 0. The molecule has 0 N–H and O–H groups in total. The van der Waals surface area contributed by atoms with Crippen LogP contribution in [-0.2, 0) is 19.3 Å². The Labute approximate surface area is 212 Å². The second-order valence-electron chi connectivity index (χ2n) is 10.1. The number of hydrogen-bond acceptors (Lipinski definition) is 5. The minimum atomic E-state index is 0.731. The largest absolute Gasteiger partial charge is 0.497 e. The van der Waals surface area contributed by atoms with Crippen LogP contribution in [0.2, 0.25) is 0 Å². The van der Waals surface area contributed by atoms with Crippen LogP contribution in [0.3, 0.4) is 0 Å². The molecule has 1 saturated heterocycles. The highest BCUT2D eigenvalue weighted by Crippen LogP contribution is 2.36. The zero-order chi connectivity index (χ0) is 24.5. The molecule has 0 radical (unpaired) electrons. The summed E-state index contributed by atoms with van der Waals surface area (Å²) < 4.78 is 13.1. The van der Waals surface area contributed by atoms with E-state index in [-0.39, 0.29) is 0 Å². The van der Waals surface area contributed by atoms with Crippen molar-refractivity contribution in [3.05, 3.63) is 71.4 Å². The second-order valence-corrected chi connectivity index (χ2v) is 10.1. The number of fused-ring (bicyclic) bond motifs is 2. The molecule has 2 aromatic carbocycles. The van der Waals surface area contributed by atoms with E-state index >= 15 is 0 Å². The molecule has 36 heavy (non-hydrogen) atoms. The Balaban J connectivity index is 1.35. The molecule has 0 bridgehead atoms. The van der Waals surface area contributed by atoms with Crippen LogP contribution in [0.15, 0.2) is 54.6 Å². The van der Waals surface area contributed by atoms with E-state index in [9.17, 15) is 0 Å². The fourth-order valence-electron chi connectivity index (χ4n) is 5.84. The Kier molecular flexibility index (Phi) is 6.26. The van der Waals surface area contributed by atoms with Gasteiger partial charge in [-0.25, -0.2) is 4.98 Å². The highest BCUT2D eigenvalue weighted by molar-refractivity contribution is 5.70. The summed E-state index contributed by atoms with van der Waals surface area (Å²) in [4.78, 5) is 7.66. The van der Waals surface area contributed by atoms with Gasteiger partial charge in [-0.3, -0.25) is 0 Å². The maximum atomic E-state index is 5.51. The molecule has 2 aliphatic rings. The third kappa shape index (κ3) is 4.41. The van der Waals surface area contributed by atoms with Crippen molar-refractivity contribution in [1.29, 1.82) is 0 Å². The van der Waals surface area contributed by atoms with Gasteiger partial charge in [0.25, 0.3) is 0 Å². The van der Waals surface area contributed by atoms with Crippen molar-refractivity contribution in [3.8, 4) is 22.8 Å². The first-order valence-corrected chi connectivity index (χ1v) is 13.2. The molecule has 4 aromatic rings. The molecule has 0 spiro atoms. The highest BCUT2D eigenvalue weighted by Gasteiger charge is 2.27. The molecule has 1 fully saturated rings. The Morgan fingerprint density at radius 3 is 2.33 bits per heavy atom. The fourth-order valence-corrected chi connectivity index (χ4v) is 5.84. The van der Waals surface area contributed by atoms with Gasteiger partial charge in [0, 0.05) is 42.0 Å². The SMILES string of the molecule is COc1cc(OC)cc(-c2cc3nc4c(c(N5CCC(Cc6ccccc6)CC5)n3n2)CCCC4)c1. The van der Waals surface area contributed by atoms with Gasteiger partial charge < -0.3 is 14.4 Å². The van der Waals surface area contributed by atoms with E-state index in [1.807, 2.05) is 18.2 Å². The van der Waals surface area contributed by atoms with Gasteiger partial charge in [0.05, 0.1) is 19.9 Å². The van der Waals surface area contributed by atoms with E-state index in [0.29, 0.717) is 0 Å². The third-order valence-electron chi connectivity index (χ3n) is 7.78. The molecule has 6 nitrogen and oxygen atoms in total. The van der Waals surface area contributed by atoms with E-state index < -0.39 is 0 Å². The molecule has 1 aliphatic carbocycles. The van der Waals surface area contributed by atoms with Crippen LogP contribution in [0.25, 0.3) is 16.9 Å². The monoisotopic (exact) mass is 482 g/mol. The molecule has 1 aliphatic heterocycles. The number of benzene rings is 2. The van der Waals surface area contributed by atoms with Gasteiger partial charge >= 0.3 is 0 Å². The Bertz CT molecular complexity index is 1330. The Morgan fingerprint density at radius 2 is 1.61 bits per heavy atom. The van der Waals surface area contributed by atoms with Gasteiger partial charge in [0.2, 0.25) is 0 Å². The van der Waals surface area contributed by atoms with E-state index in [4.69, 9.17) is 19.6 Å². The first kappa shape index (κ1) is 22.9. The van der Waals surface area contributed by atoms with Crippen LogP contribution in [0, 0.1) is 5.92 Å². The van der Waals surface area contributed by atoms with Gasteiger partial charge in [0.1, 0.15) is 17.3 Å². The molecule has 6 rings (SSSR count). The minimum absolute atomic E-state index is 0.731. The number of piperidine rings is 1. The summed E-state index contributed by atoms with van der Waals surface area (Å²) in [6, 6.07) is 18.9. The minimum Gasteiger partial charge on any atom is -0.497 e. The highest BCUT2D eigenvalue weighted by atomic mass is 16.5. The molecular weight excluding hydrogens is 448 g/mol. The number of anilines is 1. The quantitative estimate of drug-likeness (QED) is 0.350. The summed E-state index contributed by atoms with van der Waals surface area (Å²) in [5, 5.41) is 5.11. The van der Waals surface area contributed by atoms with E-state index in [2.05, 4.69) is 45.8 Å². The molecule has 0 saturated carbocycles. The first-order chi connectivity index (χ1) is 17.7. The summed E-state index contributed by atoms with van der Waals surface area (Å²) >= 11 is 0. The van der Waals surface area contributed by atoms with Crippen LogP contribution >= 0.6 is 0 Å². The maximum Gasteiger partial charge on any atom is 0.158 e. The molecule has 0 amide bonds. The van der Waals surface area contributed by atoms with Gasteiger partial charge in [-0.15, -0.1) is 0 Å². The summed E-state index contributed by atoms with van der Waals surface area (Å²) in [7, 11) is 3.36. The topological polar surface area (TPSA) is 51.9 Å². The zero-order valence-electron chi connectivity index (χ0n) is 21.2. The van der Waals surface area contributed by atoms with Crippen LogP contribution < -0.4 is 14.4 Å². The van der Waals surface area contributed by atoms with Crippen molar-refractivity contribution < 1.29 is 9.47 Å². The van der Waals surface area contributed by atoms with Crippen molar-refractivity contribution in [3.63, 3.8) is 0 Å². The van der Waals surface area contributed by atoms with Crippen molar-refractivity contribution >= 4 is 11.5 Å². The average molecular weight is 483 g/mol. The predicted octanol–water partition coefficient (Wildman–Crippen LogP) is 5.75. The van der Waals surface area contributed by atoms with Crippen LogP contribution in [0.5, 0.6) is 11.5 Å². The fraction of sp³-hybridized carbons (Fsp3) is 0.400. The third-order valence-corrected chi connectivity index (χ3v) is 7.78. The van der Waals surface area contributed by atoms with Crippen molar-refractivity contribution in [1.82, 2.24) is 14.6 Å². The average Bonchev–Trinajstić information content (AvgIpc) is 3.36. The van der Waals surface area contributed by atoms with E-state index in [1.54, 1.807) is 14.2 Å². The van der Waals surface area contributed by atoms with Crippen LogP contribution in [0.1, 0.15) is 42.5 Å². The zero-order valence-corrected chi connectivity index (χ0v) is 21.2. The number of rotatable bonds is 6. The van der Waals surface area contributed by atoms with Gasteiger partial charge in [-0.2, -0.15) is 9.61 Å². The number of aromatic nitrogens is 3. The van der Waals surface area contributed by atoms with Crippen molar-refractivity contribution in [2.45, 2.75) is 44.9 Å². The van der Waals surface area contributed by atoms with Crippen LogP contribution in [-0.4, -0.2) is 41.9 Å². The molecule has 2 aromatic heterocycles. The lowest BCUT2D eigenvalue weighted by Crippen LogP contribution is -2.37. The lowest BCUT2D eigenvalue weighted by atomic mass is 9.89. The molecule has 0 unspecified atom stereocenters. The maximum absolute atomic E-state index is 5.51. The molecule has 0 atom stereocenters. The Morgan fingerprint density at radius 1 is 0.889 bits per heavy atom. The molecule has 3 heterocycles. The summed E-state index contributed by atoms with van der Waals surface area (Å²) in [6.07, 6.45) is 8.14. The van der Waals surface area contributed by atoms with E-state index in [0.717, 1.165) is 60.3 Å². The standard InChI is InChI=1S/C30H34N4O2/c1-35-24-17-23(18-25(19-24)36-2)28-20-29-31-27-11-7-6-10-26(27)30(34(29)32-28)33-14-12-22(13-15-33)16-21-8-4-3-5-9-21/h3-5,8-9,17-20,22H,6-7,10-16H2,1-2H3. The lowest BCUT2D eigenvalue weighted by Gasteiger charge is -2.35. The number of aryl methyl sites for hydroxylation is 1. The number of nitrogens with zero attached hydrogens (tertiary/aromatic N) is 4. The summed E-state index contributed by atoms with van der Waals surface area (Å²) in [6.45, 7) is 2.12. The molecule has 6 heteroatoms.